The van der Waals surface area contributed by atoms with Gasteiger partial charge in [0.1, 0.15) is 0 Å². The number of benzene rings is 2. The average molecular weight is 282 g/mol. The van der Waals surface area contributed by atoms with Crippen molar-refractivity contribution in [3.8, 4) is 0 Å². The van der Waals surface area contributed by atoms with Gasteiger partial charge in [-0.2, -0.15) is 0 Å². The molecular formula is C18H22N2O. The fraction of sp³-hybridized carbons (Fsp3) is 0.278. The van der Waals surface area contributed by atoms with E-state index in [1.807, 2.05) is 49.4 Å². The normalized spacial score (nSPS) is 12.2. The molecule has 2 aromatic carbocycles. The van der Waals surface area contributed by atoms with E-state index in [1.165, 1.54) is 0 Å². The Hall–Kier alpha value is -2.29. The molecular weight excluding hydrogens is 260 g/mol. The van der Waals surface area contributed by atoms with Gasteiger partial charge in [0.2, 0.25) is 0 Å². The number of nitrogens with one attached hydrogen (secondary N) is 1. The van der Waals surface area contributed by atoms with Crippen LogP contribution in [0.5, 0.6) is 0 Å². The molecule has 0 aliphatic rings. The Morgan fingerprint density at radius 2 is 1.71 bits per heavy atom. The Bertz CT molecular complexity index is 600. The van der Waals surface area contributed by atoms with Gasteiger partial charge in [-0.3, -0.25) is 4.79 Å². The number of nitrogens with two attached hydrogens (primary N) is 1. The number of hydrogen-bond donors (Lipinski definition) is 2. The van der Waals surface area contributed by atoms with Crippen LogP contribution in [0.2, 0.25) is 0 Å². The molecule has 1 unspecified atom stereocenters. The van der Waals surface area contributed by atoms with Gasteiger partial charge in [-0.1, -0.05) is 56.3 Å². The van der Waals surface area contributed by atoms with Crippen molar-refractivity contribution in [2.75, 3.05) is 5.73 Å². The molecule has 0 spiro atoms. The first-order chi connectivity index (χ1) is 10.0. The molecule has 0 aliphatic heterocycles. The number of carbonyl (C=O) groups is 1. The minimum atomic E-state index is -0.117. The molecule has 0 heterocycles. The molecule has 3 heteroatoms. The zero-order valence-electron chi connectivity index (χ0n) is 12.8. The highest BCUT2D eigenvalue weighted by atomic mass is 16.1. The summed E-state index contributed by atoms with van der Waals surface area (Å²) in [6.07, 6.45) is 0. The van der Waals surface area contributed by atoms with Gasteiger partial charge in [-0.05, 0) is 30.0 Å². The van der Waals surface area contributed by atoms with E-state index in [4.69, 9.17) is 5.73 Å². The number of hydrogen-bond acceptors (Lipinski definition) is 2. The minimum absolute atomic E-state index is 0.0299. The maximum Gasteiger partial charge on any atom is 0.254 e. The molecule has 2 rings (SSSR count). The van der Waals surface area contributed by atoms with Crippen molar-refractivity contribution in [1.29, 1.82) is 0 Å². The Morgan fingerprint density at radius 1 is 1.05 bits per heavy atom. The van der Waals surface area contributed by atoms with E-state index < -0.39 is 0 Å². The number of amides is 1. The van der Waals surface area contributed by atoms with Crippen LogP contribution in [0.15, 0.2) is 48.5 Å². The van der Waals surface area contributed by atoms with E-state index >= 15 is 0 Å². The maximum absolute atomic E-state index is 12.6. The maximum atomic E-state index is 12.6. The van der Waals surface area contributed by atoms with Gasteiger partial charge in [0.05, 0.1) is 11.6 Å². The summed E-state index contributed by atoms with van der Waals surface area (Å²) in [6.45, 7) is 6.09. The summed E-state index contributed by atoms with van der Waals surface area (Å²) in [5.74, 6) is 0.176. The van der Waals surface area contributed by atoms with Crippen LogP contribution in [-0.2, 0) is 0 Å². The van der Waals surface area contributed by atoms with Gasteiger partial charge in [0.15, 0.2) is 0 Å². The van der Waals surface area contributed by atoms with Gasteiger partial charge in [0, 0.05) is 5.69 Å². The van der Waals surface area contributed by atoms with Crippen LogP contribution in [0.25, 0.3) is 0 Å². The fourth-order valence-corrected chi connectivity index (χ4v) is 2.51. The summed E-state index contributed by atoms with van der Waals surface area (Å²) in [5, 5.41) is 3.11. The molecule has 1 amide bonds. The summed E-state index contributed by atoms with van der Waals surface area (Å²) in [4.78, 5) is 12.6. The second-order valence-corrected chi connectivity index (χ2v) is 5.64. The van der Waals surface area contributed by atoms with Crippen molar-refractivity contribution in [2.24, 2.45) is 5.92 Å². The van der Waals surface area contributed by atoms with Crippen molar-refractivity contribution < 1.29 is 4.79 Å². The Labute approximate surface area is 126 Å². The minimum Gasteiger partial charge on any atom is -0.398 e. The summed E-state index contributed by atoms with van der Waals surface area (Å²) in [5.41, 5.74) is 9.03. The Morgan fingerprint density at radius 3 is 2.29 bits per heavy atom. The number of anilines is 1. The topological polar surface area (TPSA) is 55.1 Å². The third-order valence-corrected chi connectivity index (χ3v) is 3.64. The third kappa shape index (κ3) is 3.43. The first-order valence-corrected chi connectivity index (χ1v) is 7.21. The van der Waals surface area contributed by atoms with Crippen LogP contribution in [-0.4, -0.2) is 5.91 Å². The van der Waals surface area contributed by atoms with Crippen LogP contribution in [0.4, 0.5) is 5.69 Å². The monoisotopic (exact) mass is 282 g/mol. The van der Waals surface area contributed by atoms with E-state index in [0.29, 0.717) is 17.2 Å². The summed E-state index contributed by atoms with van der Waals surface area (Å²) in [7, 11) is 0. The number of aryl methyl sites for hydroxylation is 1. The first kappa shape index (κ1) is 15.1. The first-order valence-electron chi connectivity index (χ1n) is 7.21. The SMILES string of the molecule is Cc1cccc(N)c1C(=O)NC(c1ccccc1)C(C)C. The largest absolute Gasteiger partial charge is 0.398 e. The summed E-state index contributed by atoms with van der Waals surface area (Å²) >= 11 is 0. The van der Waals surface area contributed by atoms with E-state index in [1.54, 1.807) is 6.07 Å². The van der Waals surface area contributed by atoms with Crippen molar-refractivity contribution in [2.45, 2.75) is 26.8 Å². The molecule has 1 atom stereocenters. The average Bonchev–Trinajstić information content (AvgIpc) is 2.45. The van der Waals surface area contributed by atoms with Crippen LogP contribution >= 0.6 is 0 Å². The Balaban J connectivity index is 2.28. The highest BCUT2D eigenvalue weighted by Gasteiger charge is 2.21. The van der Waals surface area contributed by atoms with Gasteiger partial charge in [0.25, 0.3) is 5.91 Å². The van der Waals surface area contributed by atoms with Gasteiger partial charge in [-0.15, -0.1) is 0 Å². The predicted octanol–water partition coefficient (Wildman–Crippen LogP) is 3.70. The van der Waals surface area contributed by atoms with Gasteiger partial charge < -0.3 is 11.1 Å². The van der Waals surface area contributed by atoms with Crippen LogP contribution in [0.3, 0.4) is 0 Å². The predicted molar refractivity (Wildman–Crippen MR) is 87.1 cm³/mol. The van der Waals surface area contributed by atoms with Crippen molar-refractivity contribution >= 4 is 11.6 Å². The lowest BCUT2D eigenvalue weighted by Crippen LogP contribution is -2.32. The number of carbonyl (C=O) groups excluding carboxylic acids is 1. The zero-order valence-corrected chi connectivity index (χ0v) is 12.8. The second-order valence-electron chi connectivity index (χ2n) is 5.64. The molecule has 0 aromatic heterocycles. The number of nitrogen functional groups attached to an aromatic ring is 1. The molecule has 0 radical (unpaired) electrons. The van der Waals surface area contributed by atoms with Crippen molar-refractivity contribution in [1.82, 2.24) is 5.32 Å². The molecule has 0 saturated heterocycles. The van der Waals surface area contributed by atoms with E-state index in [2.05, 4.69) is 19.2 Å². The highest BCUT2D eigenvalue weighted by molar-refractivity contribution is 6.00. The summed E-state index contributed by atoms with van der Waals surface area (Å²) < 4.78 is 0. The second kappa shape index (κ2) is 6.44. The van der Waals surface area contributed by atoms with Crippen molar-refractivity contribution in [3.05, 3.63) is 65.2 Å². The summed E-state index contributed by atoms with van der Waals surface area (Å²) in [6, 6.07) is 15.5. The lowest BCUT2D eigenvalue weighted by Gasteiger charge is -2.23. The van der Waals surface area contributed by atoms with E-state index in [9.17, 15) is 4.79 Å². The van der Waals surface area contributed by atoms with Crippen LogP contribution < -0.4 is 11.1 Å². The molecule has 0 saturated carbocycles. The van der Waals surface area contributed by atoms with Gasteiger partial charge in [-0.25, -0.2) is 0 Å². The molecule has 21 heavy (non-hydrogen) atoms. The molecule has 110 valence electrons. The smallest absolute Gasteiger partial charge is 0.254 e. The third-order valence-electron chi connectivity index (χ3n) is 3.64. The zero-order chi connectivity index (χ0) is 15.4. The molecule has 3 N–H and O–H groups in total. The lowest BCUT2D eigenvalue weighted by molar-refractivity contribution is 0.0926. The molecule has 2 aromatic rings. The lowest BCUT2D eigenvalue weighted by atomic mass is 9.95. The van der Waals surface area contributed by atoms with E-state index in [0.717, 1.165) is 11.1 Å². The molecule has 3 nitrogen and oxygen atoms in total. The molecule has 0 bridgehead atoms. The standard InChI is InChI=1S/C18H22N2O/c1-12(2)17(14-9-5-4-6-10-14)20-18(21)16-13(3)8-7-11-15(16)19/h4-12,17H,19H2,1-3H3,(H,20,21). The highest BCUT2D eigenvalue weighted by Crippen LogP contribution is 2.23. The van der Waals surface area contributed by atoms with Crippen LogP contribution in [0.1, 0.15) is 41.4 Å². The quantitative estimate of drug-likeness (QED) is 0.840. The molecule has 0 fully saturated rings. The molecule has 0 aliphatic carbocycles. The Kier molecular flexibility index (Phi) is 4.63. The van der Waals surface area contributed by atoms with Crippen molar-refractivity contribution in [3.63, 3.8) is 0 Å². The van der Waals surface area contributed by atoms with E-state index in [-0.39, 0.29) is 11.9 Å². The van der Waals surface area contributed by atoms with Gasteiger partial charge >= 0.3 is 0 Å². The van der Waals surface area contributed by atoms with Crippen LogP contribution in [0, 0.1) is 12.8 Å². The number of rotatable bonds is 4. The fourth-order valence-electron chi connectivity index (χ4n) is 2.51.